The summed E-state index contributed by atoms with van der Waals surface area (Å²) in [5.74, 6) is 0.775. The van der Waals surface area contributed by atoms with Gasteiger partial charge in [-0.1, -0.05) is 6.92 Å². The lowest BCUT2D eigenvalue weighted by Gasteiger charge is -2.14. The highest BCUT2D eigenvalue weighted by atomic mass is 16.4. The summed E-state index contributed by atoms with van der Waals surface area (Å²) < 4.78 is 2.21. The van der Waals surface area contributed by atoms with Crippen molar-refractivity contribution in [2.75, 3.05) is 20.1 Å². The lowest BCUT2D eigenvalue weighted by molar-refractivity contribution is 0.0697. The molecule has 1 aliphatic rings. The van der Waals surface area contributed by atoms with Crippen LogP contribution < -0.4 is 0 Å². The summed E-state index contributed by atoms with van der Waals surface area (Å²) >= 11 is 0. The van der Waals surface area contributed by atoms with Crippen molar-refractivity contribution in [1.82, 2.24) is 14.5 Å². The molecule has 1 aromatic heterocycles. The Hall–Kier alpha value is -1.88. The van der Waals surface area contributed by atoms with E-state index in [0.29, 0.717) is 11.5 Å². The fourth-order valence-electron chi connectivity index (χ4n) is 3.21. The first-order chi connectivity index (χ1) is 10.1. The van der Waals surface area contributed by atoms with Crippen LogP contribution in [0, 0.1) is 5.92 Å². The fourth-order valence-corrected chi connectivity index (χ4v) is 3.21. The van der Waals surface area contributed by atoms with Gasteiger partial charge in [0.15, 0.2) is 0 Å². The quantitative estimate of drug-likeness (QED) is 0.937. The van der Waals surface area contributed by atoms with Crippen LogP contribution in [0.3, 0.4) is 0 Å². The Labute approximate surface area is 124 Å². The van der Waals surface area contributed by atoms with Crippen LogP contribution in [0.25, 0.3) is 11.0 Å². The highest BCUT2D eigenvalue weighted by molar-refractivity contribution is 5.92. The molecule has 5 heteroatoms. The molecule has 0 amide bonds. The van der Waals surface area contributed by atoms with E-state index in [1.807, 2.05) is 6.07 Å². The van der Waals surface area contributed by atoms with Crippen LogP contribution in [0.15, 0.2) is 18.2 Å². The van der Waals surface area contributed by atoms with Crippen LogP contribution in [-0.2, 0) is 13.0 Å². The molecule has 2 heterocycles. The Morgan fingerprint density at radius 2 is 2.29 bits per heavy atom. The van der Waals surface area contributed by atoms with Crippen molar-refractivity contribution in [3.63, 3.8) is 0 Å². The Morgan fingerprint density at radius 3 is 2.90 bits per heavy atom. The molecule has 112 valence electrons. The second-order valence-electron chi connectivity index (χ2n) is 5.92. The first kappa shape index (κ1) is 14.1. The van der Waals surface area contributed by atoms with Gasteiger partial charge in [-0.25, -0.2) is 9.78 Å². The van der Waals surface area contributed by atoms with Crippen molar-refractivity contribution in [1.29, 1.82) is 0 Å². The molecule has 0 aliphatic carbocycles. The second-order valence-corrected chi connectivity index (χ2v) is 5.92. The van der Waals surface area contributed by atoms with E-state index in [1.165, 1.54) is 6.42 Å². The van der Waals surface area contributed by atoms with Crippen molar-refractivity contribution >= 4 is 17.0 Å². The summed E-state index contributed by atoms with van der Waals surface area (Å²) in [6, 6.07) is 5.20. The van der Waals surface area contributed by atoms with Crippen molar-refractivity contribution in [3.05, 3.63) is 29.6 Å². The van der Waals surface area contributed by atoms with Crippen molar-refractivity contribution in [3.8, 4) is 0 Å². The number of rotatable bonds is 4. The summed E-state index contributed by atoms with van der Waals surface area (Å²) in [6.07, 6.45) is 2.05. The minimum absolute atomic E-state index is 0.329. The Bertz CT molecular complexity index is 677. The number of carbonyl (C=O) groups is 1. The molecule has 1 aromatic carbocycles. The van der Waals surface area contributed by atoms with Gasteiger partial charge in [0.1, 0.15) is 5.82 Å². The molecule has 0 bridgehead atoms. The predicted molar refractivity (Wildman–Crippen MR) is 81.7 cm³/mol. The summed E-state index contributed by atoms with van der Waals surface area (Å²) in [4.78, 5) is 18.2. The van der Waals surface area contributed by atoms with Crippen LogP contribution in [0.4, 0.5) is 0 Å². The zero-order chi connectivity index (χ0) is 15.0. The topological polar surface area (TPSA) is 58.4 Å². The molecule has 1 fully saturated rings. The molecule has 1 saturated heterocycles. The van der Waals surface area contributed by atoms with Crippen LogP contribution in [-0.4, -0.2) is 45.7 Å². The molecule has 2 aromatic rings. The van der Waals surface area contributed by atoms with Crippen LogP contribution >= 0.6 is 0 Å². The molecular weight excluding hydrogens is 266 g/mol. The molecule has 1 unspecified atom stereocenters. The minimum Gasteiger partial charge on any atom is -0.478 e. The van der Waals surface area contributed by atoms with Crippen molar-refractivity contribution < 1.29 is 9.90 Å². The van der Waals surface area contributed by atoms with E-state index in [1.54, 1.807) is 12.1 Å². The summed E-state index contributed by atoms with van der Waals surface area (Å²) in [5, 5.41) is 9.18. The molecule has 0 saturated carbocycles. The second kappa shape index (κ2) is 5.48. The van der Waals surface area contributed by atoms with E-state index >= 15 is 0 Å². The maximum absolute atomic E-state index is 11.2. The van der Waals surface area contributed by atoms with Crippen LogP contribution in [0.1, 0.15) is 29.5 Å². The Kier molecular flexibility index (Phi) is 3.68. The van der Waals surface area contributed by atoms with Gasteiger partial charge in [-0.3, -0.25) is 0 Å². The SMILES string of the molecule is CCc1nc2ccc(C(=O)O)cc2n1CC1CCN(C)C1. The minimum atomic E-state index is -0.886. The normalized spacial score (nSPS) is 19.4. The number of fused-ring (bicyclic) bond motifs is 1. The van der Waals surface area contributed by atoms with Crippen LogP contribution in [0.5, 0.6) is 0 Å². The van der Waals surface area contributed by atoms with E-state index in [9.17, 15) is 9.90 Å². The number of aryl methyl sites for hydroxylation is 1. The number of aromatic carboxylic acids is 1. The standard InChI is InChI=1S/C16H21N3O2/c1-3-15-17-13-5-4-12(16(20)21)8-14(13)19(15)10-11-6-7-18(2)9-11/h4-5,8,11H,3,6-7,9-10H2,1-2H3,(H,20,21). The average molecular weight is 287 g/mol. The highest BCUT2D eigenvalue weighted by Gasteiger charge is 2.22. The van der Waals surface area contributed by atoms with Gasteiger partial charge >= 0.3 is 5.97 Å². The number of nitrogens with zero attached hydrogens (tertiary/aromatic N) is 3. The smallest absolute Gasteiger partial charge is 0.335 e. The number of hydrogen-bond donors (Lipinski definition) is 1. The van der Waals surface area contributed by atoms with Gasteiger partial charge < -0.3 is 14.6 Å². The first-order valence-corrected chi connectivity index (χ1v) is 7.49. The summed E-state index contributed by atoms with van der Waals surface area (Å²) in [7, 11) is 2.15. The molecular formula is C16H21N3O2. The average Bonchev–Trinajstić information content (AvgIpc) is 3.02. The zero-order valence-electron chi connectivity index (χ0n) is 12.5. The summed E-state index contributed by atoms with van der Waals surface area (Å²) in [6.45, 7) is 5.25. The number of carboxylic acid groups (broad SMARTS) is 1. The molecule has 5 nitrogen and oxygen atoms in total. The lowest BCUT2D eigenvalue weighted by Crippen LogP contribution is -2.18. The van der Waals surface area contributed by atoms with Gasteiger partial charge in [0, 0.05) is 19.5 Å². The van der Waals surface area contributed by atoms with Gasteiger partial charge in [0.2, 0.25) is 0 Å². The number of benzene rings is 1. The maximum Gasteiger partial charge on any atom is 0.335 e. The van der Waals surface area contributed by atoms with Gasteiger partial charge in [-0.15, -0.1) is 0 Å². The van der Waals surface area contributed by atoms with E-state index in [-0.39, 0.29) is 0 Å². The fraction of sp³-hybridized carbons (Fsp3) is 0.500. The molecule has 0 radical (unpaired) electrons. The summed E-state index contributed by atoms with van der Waals surface area (Å²) in [5.41, 5.74) is 2.17. The van der Waals surface area contributed by atoms with E-state index in [2.05, 4.69) is 28.4 Å². The molecule has 3 rings (SSSR count). The van der Waals surface area contributed by atoms with E-state index < -0.39 is 5.97 Å². The Balaban J connectivity index is 2.01. The van der Waals surface area contributed by atoms with Gasteiger partial charge in [0.25, 0.3) is 0 Å². The van der Waals surface area contributed by atoms with E-state index in [0.717, 1.165) is 42.9 Å². The number of imidazole rings is 1. The maximum atomic E-state index is 11.2. The van der Waals surface area contributed by atoms with E-state index in [4.69, 9.17) is 0 Å². The molecule has 1 N–H and O–H groups in total. The highest BCUT2D eigenvalue weighted by Crippen LogP contribution is 2.23. The number of carboxylic acids is 1. The molecule has 1 atom stereocenters. The van der Waals surface area contributed by atoms with Crippen molar-refractivity contribution in [2.24, 2.45) is 5.92 Å². The number of aromatic nitrogens is 2. The van der Waals surface area contributed by atoms with Gasteiger partial charge in [-0.2, -0.15) is 0 Å². The first-order valence-electron chi connectivity index (χ1n) is 7.49. The molecule has 0 spiro atoms. The molecule has 21 heavy (non-hydrogen) atoms. The van der Waals surface area contributed by atoms with Gasteiger partial charge in [-0.05, 0) is 44.1 Å². The third kappa shape index (κ3) is 2.65. The zero-order valence-corrected chi connectivity index (χ0v) is 12.5. The largest absolute Gasteiger partial charge is 0.478 e. The third-order valence-corrected chi connectivity index (χ3v) is 4.32. The third-order valence-electron chi connectivity index (χ3n) is 4.32. The molecule has 1 aliphatic heterocycles. The number of hydrogen-bond acceptors (Lipinski definition) is 3. The lowest BCUT2D eigenvalue weighted by atomic mass is 10.1. The van der Waals surface area contributed by atoms with Gasteiger partial charge in [0.05, 0.1) is 16.6 Å². The monoisotopic (exact) mass is 287 g/mol. The predicted octanol–water partition coefficient (Wildman–Crippen LogP) is 2.25. The van der Waals surface area contributed by atoms with Crippen molar-refractivity contribution in [2.45, 2.75) is 26.3 Å². The number of likely N-dealkylation sites (tertiary alicyclic amines) is 1. The Morgan fingerprint density at radius 1 is 1.48 bits per heavy atom. The van der Waals surface area contributed by atoms with Crippen LogP contribution in [0.2, 0.25) is 0 Å².